The van der Waals surface area contributed by atoms with Gasteiger partial charge in [0, 0.05) is 11.6 Å². The molecule has 3 aromatic rings. The van der Waals surface area contributed by atoms with E-state index >= 15 is 0 Å². The number of rotatable bonds is 9. The number of benzene rings is 2. The predicted octanol–water partition coefficient (Wildman–Crippen LogP) is 3.95. The van der Waals surface area contributed by atoms with Crippen molar-refractivity contribution in [2.75, 3.05) is 26.9 Å². The van der Waals surface area contributed by atoms with Crippen molar-refractivity contribution in [2.24, 2.45) is 5.92 Å². The van der Waals surface area contributed by atoms with E-state index in [0.29, 0.717) is 24.2 Å². The molecule has 1 heterocycles. The fraction of sp³-hybridized carbons (Fsp3) is 0.318. The third kappa shape index (κ3) is 4.84. The average molecular weight is 382 g/mol. The van der Waals surface area contributed by atoms with Crippen molar-refractivity contribution in [2.45, 2.75) is 13.8 Å². The monoisotopic (exact) mass is 382 g/mol. The Morgan fingerprint density at radius 3 is 2.25 bits per heavy atom. The van der Waals surface area contributed by atoms with Crippen LogP contribution in [0.2, 0.25) is 0 Å². The fourth-order valence-corrected chi connectivity index (χ4v) is 2.69. The first-order chi connectivity index (χ1) is 13.6. The molecule has 0 amide bonds. The maximum Gasteiger partial charge on any atom is 0.233 e. The van der Waals surface area contributed by atoms with E-state index in [9.17, 15) is 0 Å². The van der Waals surface area contributed by atoms with Gasteiger partial charge in [-0.3, -0.25) is 0 Å². The number of aliphatic hydroxyl groups is 1. The highest BCUT2D eigenvalue weighted by atomic mass is 16.5. The number of hydrogen-bond donors (Lipinski definition) is 1. The summed E-state index contributed by atoms with van der Waals surface area (Å²) in [7, 11) is 1.65. The maximum absolute atomic E-state index is 8.89. The van der Waals surface area contributed by atoms with Crippen LogP contribution in [-0.2, 0) is 0 Å². The van der Waals surface area contributed by atoms with E-state index in [1.54, 1.807) is 7.11 Å². The van der Waals surface area contributed by atoms with Gasteiger partial charge in [0.1, 0.15) is 18.1 Å². The first-order valence-electron chi connectivity index (χ1n) is 9.32. The van der Waals surface area contributed by atoms with Crippen molar-refractivity contribution in [1.82, 2.24) is 9.78 Å². The van der Waals surface area contributed by atoms with Gasteiger partial charge in [-0.15, -0.1) is 5.10 Å². The molecule has 0 aliphatic carbocycles. The third-order valence-corrected chi connectivity index (χ3v) is 4.08. The van der Waals surface area contributed by atoms with Crippen molar-refractivity contribution in [3.05, 3.63) is 54.6 Å². The average Bonchev–Trinajstić information content (AvgIpc) is 3.15. The number of aromatic nitrogens is 2. The van der Waals surface area contributed by atoms with E-state index in [-0.39, 0.29) is 13.2 Å². The molecule has 0 spiro atoms. The molecule has 3 rings (SSSR count). The Hall–Kier alpha value is -2.99. The van der Waals surface area contributed by atoms with Gasteiger partial charge in [-0.1, -0.05) is 13.8 Å². The SMILES string of the molecule is COc1ccc(-n2nc(OCC(C)C)cc2-c2ccc(OCCO)cc2)cc1. The van der Waals surface area contributed by atoms with E-state index in [1.165, 1.54) is 0 Å². The van der Waals surface area contributed by atoms with Crippen LogP contribution in [0.4, 0.5) is 0 Å². The smallest absolute Gasteiger partial charge is 0.233 e. The zero-order valence-corrected chi connectivity index (χ0v) is 16.5. The summed E-state index contributed by atoms with van der Waals surface area (Å²) >= 11 is 0. The Bertz CT molecular complexity index is 871. The molecule has 0 unspecified atom stereocenters. The van der Waals surface area contributed by atoms with Crippen molar-refractivity contribution in [1.29, 1.82) is 0 Å². The first kappa shape index (κ1) is 19.8. The van der Waals surface area contributed by atoms with E-state index in [0.717, 1.165) is 22.7 Å². The molecule has 148 valence electrons. The van der Waals surface area contributed by atoms with Gasteiger partial charge in [-0.05, 0) is 54.4 Å². The number of ether oxygens (including phenoxy) is 3. The largest absolute Gasteiger partial charge is 0.497 e. The Labute approximate surface area is 165 Å². The molecular weight excluding hydrogens is 356 g/mol. The minimum Gasteiger partial charge on any atom is -0.497 e. The molecule has 0 bridgehead atoms. The predicted molar refractivity (Wildman–Crippen MR) is 108 cm³/mol. The lowest BCUT2D eigenvalue weighted by atomic mass is 10.1. The highest BCUT2D eigenvalue weighted by Gasteiger charge is 2.13. The molecule has 0 atom stereocenters. The van der Waals surface area contributed by atoms with Gasteiger partial charge in [0.15, 0.2) is 0 Å². The summed E-state index contributed by atoms with van der Waals surface area (Å²) in [6, 6.07) is 17.4. The van der Waals surface area contributed by atoms with Crippen LogP contribution >= 0.6 is 0 Å². The van der Waals surface area contributed by atoms with E-state index in [2.05, 4.69) is 18.9 Å². The molecule has 6 heteroatoms. The van der Waals surface area contributed by atoms with Crippen LogP contribution in [-0.4, -0.2) is 41.8 Å². The highest BCUT2D eigenvalue weighted by Crippen LogP contribution is 2.29. The minimum absolute atomic E-state index is 0.0114. The summed E-state index contributed by atoms with van der Waals surface area (Å²) in [4.78, 5) is 0. The van der Waals surface area contributed by atoms with Gasteiger partial charge in [0.05, 0.1) is 31.7 Å². The number of nitrogens with zero attached hydrogens (tertiary/aromatic N) is 2. The van der Waals surface area contributed by atoms with Gasteiger partial charge in [0.25, 0.3) is 0 Å². The zero-order chi connectivity index (χ0) is 19.9. The van der Waals surface area contributed by atoms with Gasteiger partial charge in [-0.2, -0.15) is 0 Å². The second-order valence-electron chi connectivity index (χ2n) is 6.78. The van der Waals surface area contributed by atoms with E-state index in [4.69, 9.17) is 19.3 Å². The standard InChI is InChI=1S/C22H26N2O4/c1-16(2)15-28-22-14-21(17-4-8-20(9-5-17)27-13-12-25)24(23-22)18-6-10-19(26-3)11-7-18/h4-11,14,16,25H,12-13,15H2,1-3H3. The van der Waals surface area contributed by atoms with Crippen molar-refractivity contribution < 1.29 is 19.3 Å². The summed E-state index contributed by atoms with van der Waals surface area (Å²) in [6.07, 6.45) is 0. The molecule has 0 saturated heterocycles. The Morgan fingerprint density at radius 1 is 0.964 bits per heavy atom. The summed E-state index contributed by atoms with van der Waals surface area (Å²) in [6.45, 7) is 5.07. The van der Waals surface area contributed by atoms with Gasteiger partial charge < -0.3 is 19.3 Å². The lowest BCUT2D eigenvalue weighted by Gasteiger charge is -2.09. The maximum atomic E-state index is 8.89. The lowest BCUT2D eigenvalue weighted by molar-refractivity contribution is 0.201. The molecule has 2 aromatic carbocycles. The minimum atomic E-state index is -0.0114. The Balaban J connectivity index is 1.94. The van der Waals surface area contributed by atoms with Crippen molar-refractivity contribution in [3.63, 3.8) is 0 Å². The summed E-state index contributed by atoms with van der Waals surface area (Å²) in [5, 5.41) is 13.5. The van der Waals surface area contributed by atoms with Gasteiger partial charge in [0.2, 0.25) is 5.88 Å². The van der Waals surface area contributed by atoms with Crippen molar-refractivity contribution >= 4 is 0 Å². The summed E-state index contributed by atoms with van der Waals surface area (Å²) in [5.41, 5.74) is 2.81. The quantitative estimate of drug-likeness (QED) is 0.607. The van der Waals surface area contributed by atoms with Crippen LogP contribution in [0, 0.1) is 5.92 Å². The molecule has 1 N–H and O–H groups in total. The zero-order valence-electron chi connectivity index (χ0n) is 16.5. The second kappa shape index (κ2) is 9.28. The van der Waals surface area contributed by atoms with Crippen LogP contribution in [0.15, 0.2) is 54.6 Å². The van der Waals surface area contributed by atoms with Crippen LogP contribution in [0.3, 0.4) is 0 Å². The molecular formula is C22H26N2O4. The molecule has 1 aromatic heterocycles. The highest BCUT2D eigenvalue weighted by molar-refractivity contribution is 5.64. The van der Waals surface area contributed by atoms with Crippen LogP contribution in [0.25, 0.3) is 16.9 Å². The normalized spacial score (nSPS) is 10.9. The summed E-state index contributed by atoms with van der Waals surface area (Å²) < 4.78 is 18.4. The lowest BCUT2D eigenvalue weighted by Crippen LogP contribution is -2.05. The molecule has 6 nitrogen and oxygen atoms in total. The fourth-order valence-electron chi connectivity index (χ4n) is 2.69. The number of aliphatic hydroxyl groups excluding tert-OH is 1. The molecule has 0 aliphatic rings. The van der Waals surface area contributed by atoms with Crippen LogP contribution < -0.4 is 14.2 Å². The van der Waals surface area contributed by atoms with Crippen molar-refractivity contribution in [3.8, 4) is 34.3 Å². The molecule has 0 saturated carbocycles. The first-order valence-corrected chi connectivity index (χ1v) is 9.32. The van der Waals surface area contributed by atoms with Crippen LogP contribution in [0.1, 0.15) is 13.8 Å². The number of methoxy groups -OCH3 is 1. The topological polar surface area (TPSA) is 65.7 Å². The summed E-state index contributed by atoms with van der Waals surface area (Å²) in [5.74, 6) is 2.50. The number of hydrogen-bond acceptors (Lipinski definition) is 5. The molecule has 0 radical (unpaired) electrons. The Morgan fingerprint density at radius 2 is 1.64 bits per heavy atom. The third-order valence-electron chi connectivity index (χ3n) is 4.08. The van der Waals surface area contributed by atoms with Gasteiger partial charge in [-0.25, -0.2) is 4.68 Å². The molecule has 0 fully saturated rings. The Kier molecular flexibility index (Phi) is 6.55. The second-order valence-corrected chi connectivity index (χ2v) is 6.78. The molecule has 28 heavy (non-hydrogen) atoms. The van der Waals surface area contributed by atoms with E-state index < -0.39 is 0 Å². The molecule has 0 aliphatic heterocycles. The van der Waals surface area contributed by atoms with E-state index in [1.807, 2.05) is 59.3 Å². The van der Waals surface area contributed by atoms with Crippen LogP contribution in [0.5, 0.6) is 17.4 Å². The van der Waals surface area contributed by atoms with Gasteiger partial charge >= 0.3 is 0 Å².